The van der Waals surface area contributed by atoms with E-state index in [1.807, 2.05) is 18.2 Å². The molecule has 1 heterocycles. The predicted molar refractivity (Wildman–Crippen MR) is 85.0 cm³/mol. The van der Waals surface area contributed by atoms with Gasteiger partial charge < -0.3 is 15.2 Å². The van der Waals surface area contributed by atoms with Crippen LogP contribution in [0.1, 0.15) is 31.2 Å². The molecule has 2 unspecified atom stereocenters. The van der Waals surface area contributed by atoms with Gasteiger partial charge in [0.25, 0.3) is 0 Å². The number of aliphatic carboxylic acids is 1. The molecule has 2 fully saturated rings. The van der Waals surface area contributed by atoms with Gasteiger partial charge >= 0.3 is 5.97 Å². The van der Waals surface area contributed by atoms with Crippen LogP contribution in [-0.4, -0.2) is 36.7 Å². The second kappa shape index (κ2) is 6.71. The summed E-state index contributed by atoms with van der Waals surface area (Å²) in [6.07, 6.45) is 3.00. The molecule has 1 amide bonds. The van der Waals surface area contributed by atoms with Crippen LogP contribution in [0.5, 0.6) is 0 Å². The second-order valence-corrected chi connectivity index (χ2v) is 6.61. The fourth-order valence-corrected chi connectivity index (χ4v) is 3.62. The molecule has 2 aliphatic rings. The fourth-order valence-electron chi connectivity index (χ4n) is 3.62. The number of hydrogen-bond acceptors (Lipinski definition) is 3. The minimum absolute atomic E-state index is 0.113. The molecule has 0 spiro atoms. The van der Waals surface area contributed by atoms with Crippen LogP contribution in [0.25, 0.3) is 0 Å². The Morgan fingerprint density at radius 1 is 1.13 bits per heavy atom. The summed E-state index contributed by atoms with van der Waals surface area (Å²) in [5.74, 6) is -1.87. The molecule has 2 N–H and O–H groups in total. The Bertz CT molecular complexity index is 566. The van der Waals surface area contributed by atoms with E-state index in [2.05, 4.69) is 17.4 Å². The normalized spacial score (nSPS) is 26.1. The van der Waals surface area contributed by atoms with Crippen LogP contribution >= 0.6 is 0 Å². The minimum Gasteiger partial charge on any atom is -0.481 e. The number of nitrogens with one attached hydrogen (secondary N) is 1. The lowest BCUT2D eigenvalue weighted by Crippen LogP contribution is -2.49. The maximum Gasteiger partial charge on any atom is 0.307 e. The third-order valence-corrected chi connectivity index (χ3v) is 5.37. The van der Waals surface area contributed by atoms with Crippen molar-refractivity contribution in [1.29, 1.82) is 0 Å². The number of ether oxygens (including phenoxy) is 1. The van der Waals surface area contributed by atoms with Crippen molar-refractivity contribution in [3.63, 3.8) is 0 Å². The highest BCUT2D eigenvalue weighted by Gasteiger charge is 2.42. The summed E-state index contributed by atoms with van der Waals surface area (Å²) >= 11 is 0. The van der Waals surface area contributed by atoms with Crippen LogP contribution in [0.15, 0.2) is 30.3 Å². The van der Waals surface area contributed by atoms with E-state index in [-0.39, 0.29) is 17.2 Å². The Morgan fingerprint density at radius 2 is 1.78 bits per heavy atom. The summed E-state index contributed by atoms with van der Waals surface area (Å²) < 4.78 is 5.49. The van der Waals surface area contributed by atoms with Gasteiger partial charge in [-0.05, 0) is 31.2 Å². The first-order chi connectivity index (χ1) is 11.1. The highest BCUT2D eigenvalue weighted by Crippen LogP contribution is 2.36. The summed E-state index contributed by atoms with van der Waals surface area (Å²) in [5.41, 5.74) is 1.10. The summed E-state index contributed by atoms with van der Waals surface area (Å²) in [5, 5.41) is 12.1. The van der Waals surface area contributed by atoms with Crippen molar-refractivity contribution in [3.8, 4) is 0 Å². The summed E-state index contributed by atoms with van der Waals surface area (Å²) in [4.78, 5) is 23.4. The van der Waals surface area contributed by atoms with Crippen molar-refractivity contribution < 1.29 is 19.4 Å². The molecule has 0 aromatic heterocycles. The van der Waals surface area contributed by atoms with E-state index >= 15 is 0 Å². The monoisotopic (exact) mass is 317 g/mol. The first-order valence-electron chi connectivity index (χ1n) is 8.26. The van der Waals surface area contributed by atoms with E-state index in [0.29, 0.717) is 32.6 Å². The smallest absolute Gasteiger partial charge is 0.307 e. The van der Waals surface area contributed by atoms with E-state index in [4.69, 9.17) is 9.84 Å². The van der Waals surface area contributed by atoms with E-state index in [1.165, 1.54) is 5.56 Å². The summed E-state index contributed by atoms with van der Waals surface area (Å²) in [6.45, 7) is 1.92. The maximum atomic E-state index is 12.4. The molecule has 1 saturated carbocycles. The molecule has 5 heteroatoms. The Hall–Kier alpha value is -1.88. The van der Waals surface area contributed by atoms with Crippen molar-refractivity contribution in [2.45, 2.75) is 31.1 Å². The number of carbonyl (C=O) groups excluding carboxylic acids is 1. The number of carbonyl (C=O) groups is 2. The molecule has 1 saturated heterocycles. The maximum absolute atomic E-state index is 12.4. The highest BCUT2D eigenvalue weighted by atomic mass is 16.5. The number of carboxylic acid groups (broad SMARTS) is 1. The first kappa shape index (κ1) is 16.0. The molecule has 1 aliphatic heterocycles. The molecule has 3 rings (SSSR count). The molecule has 23 heavy (non-hydrogen) atoms. The van der Waals surface area contributed by atoms with Gasteiger partial charge in [-0.2, -0.15) is 0 Å². The van der Waals surface area contributed by atoms with Crippen molar-refractivity contribution >= 4 is 11.9 Å². The molecule has 1 aromatic rings. The molecule has 124 valence electrons. The van der Waals surface area contributed by atoms with Gasteiger partial charge in [-0.25, -0.2) is 0 Å². The van der Waals surface area contributed by atoms with Crippen LogP contribution in [0.2, 0.25) is 0 Å². The van der Waals surface area contributed by atoms with Crippen LogP contribution in [0.3, 0.4) is 0 Å². The Kier molecular flexibility index (Phi) is 4.66. The lowest BCUT2D eigenvalue weighted by atomic mass is 9.72. The van der Waals surface area contributed by atoms with Gasteiger partial charge in [0, 0.05) is 25.2 Å². The molecule has 2 atom stereocenters. The van der Waals surface area contributed by atoms with Crippen LogP contribution in [0, 0.1) is 11.8 Å². The molecular weight excluding hydrogens is 294 g/mol. The molecule has 0 radical (unpaired) electrons. The van der Waals surface area contributed by atoms with E-state index in [9.17, 15) is 9.59 Å². The van der Waals surface area contributed by atoms with Gasteiger partial charge in [0.2, 0.25) is 5.91 Å². The highest BCUT2D eigenvalue weighted by molar-refractivity contribution is 5.86. The number of amides is 1. The van der Waals surface area contributed by atoms with Gasteiger partial charge in [-0.1, -0.05) is 30.3 Å². The van der Waals surface area contributed by atoms with Gasteiger partial charge in [-0.15, -0.1) is 0 Å². The van der Waals surface area contributed by atoms with E-state index in [1.54, 1.807) is 0 Å². The molecule has 1 aliphatic carbocycles. The molecule has 0 bridgehead atoms. The average Bonchev–Trinajstić information content (AvgIpc) is 2.53. The average molecular weight is 317 g/mol. The first-order valence-corrected chi connectivity index (χ1v) is 8.26. The molecule has 1 aromatic carbocycles. The van der Waals surface area contributed by atoms with Gasteiger partial charge in [-0.3, -0.25) is 9.59 Å². The standard InChI is InChI=1S/C18H23NO4/c20-16(14-6-7-15(14)17(21)22)19-12-18(8-10-23-11-9-18)13-4-2-1-3-5-13/h1-5,14-15H,6-12H2,(H,19,20)(H,21,22). The van der Waals surface area contributed by atoms with E-state index < -0.39 is 11.9 Å². The Labute approximate surface area is 136 Å². The van der Waals surface area contributed by atoms with Gasteiger partial charge in [0.05, 0.1) is 11.8 Å². The SMILES string of the molecule is O=C(O)C1CCC1C(=O)NCC1(c2ccccc2)CCOCC1. The minimum atomic E-state index is -0.861. The van der Waals surface area contributed by atoms with Crippen LogP contribution < -0.4 is 5.32 Å². The largest absolute Gasteiger partial charge is 0.481 e. The van der Waals surface area contributed by atoms with Crippen molar-refractivity contribution in [1.82, 2.24) is 5.32 Å². The van der Waals surface area contributed by atoms with Crippen LogP contribution in [-0.2, 0) is 19.7 Å². The topological polar surface area (TPSA) is 75.6 Å². The molecular formula is C18H23NO4. The number of hydrogen-bond donors (Lipinski definition) is 2. The third kappa shape index (κ3) is 3.24. The van der Waals surface area contributed by atoms with Crippen molar-refractivity contribution in [2.24, 2.45) is 11.8 Å². The predicted octanol–water partition coefficient (Wildman–Crippen LogP) is 1.96. The third-order valence-electron chi connectivity index (χ3n) is 5.37. The molecule has 5 nitrogen and oxygen atoms in total. The zero-order chi connectivity index (χ0) is 16.3. The van der Waals surface area contributed by atoms with Crippen molar-refractivity contribution in [3.05, 3.63) is 35.9 Å². The van der Waals surface area contributed by atoms with Crippen LogP contribution in [0.4, 0.5) is 0 Å². The van der Waals surface area contributed by atoms with Gasteiger partial charge in [0.1, 0.15) is 0 Å². The quantitative estimate of drug-likeness (QED) is 0.870. The Balaban J connectivity index is 1.68. The van der Waals surface area contributed by atoms with Crippen molar-refractivity contribution in [2.75, 3.05) is 19.8 Å². The van der Waals surface area contributed by atoms with Gasteiger partial charge in [0.15, 0.2) is 0 Å². The Morgan fingerprint density at radius 3 is 2.35 bits per heavy atom. The number of carboxylic acids is 1. The lowest BCUT2D eigenvalue weighted by Gasteiger charge is -2.39. The second-order valence-electron chi connectivity index (χ2n) is 6.61. The zero-order valence-electron chi connectivity index (χ0n) is 13.2. The number of rotatable bonds is 5. The summed E-state index contributed by atoms with van der Waals surface area (Å²) in [7, 11) is 0. The summed E-state index contributed by atoms with van der Waals surface area (Å²) in [6, 6.07) is 10.2. The van der Waals surface area contributed by atoms with E-state index in [0.717, 1.165) is 12.8 Å². The zero-order valence-corrected chi connectivity index (χ0v) is 13.2. The lowest BCUT2D eigenvalue weighted by molar-refractivity contribution is -0.152. The number of benzene rings is 1. The fraction of sp³-hybridized carbons (Fsp3) is 0.556.